The van der Waals surface area contributed by atoms with Crippen LogP contribution in [0, 0.1) is 17.8 Å². The number of rotatable bonds is 8. The van der Waals surface area contributed by atoms with Gasteiger partial charge in [-0.3, -0.25) is 0 Å². The SMILES string of the molecule is CCS(=O)(=O)CC(C)NCC(C1CC1)C1CC1. The van der Waals surface area contributed by atoms with Gasteiger partial charge in [-0.2, -0.15) is 0 Å². The van der Waals surface area contributed by atoms with E-state index in [1.807, 2.05) is 6.92 Å². The maximum absolute atomic E-state index is 11.5. The van der Waals surface area contributed by atoms with Crippen LogP contribution in [-0.4, -0.2) is 32.5 Å². The van der Waals surface area contributed by atoms with E-state index < -0.39 is 9.84 Å². The maximum Gasteiger partial charge on any atom is 0.151 e. The summed E-state index contributed by atoms with van der Waals surface area (Å²) in [6.07, 6.45) is 5.57. The van der Waals surface area contributed by atoms with Gasteiger partial charge in [-0.05, 0) is 56.9 Å². The molecule has 0 heterocycles. The van der Waals surface area contributed by atoms with Crippen molar-refractivity contribution in [2.75, 3.05) is 18.1 Å². The largest absolute Gasteiger partial charge is 0.313 e. The minimum Gasteiger partial charge on any atom is -0.313 e. The Bertz CT molecular complexity index is 332. The van der Waals surface area contributed by atoms with Gasteiger partial charge in [-0.25, -0.2) is 8.42 Å². The first-order chi connectivity index (χ1) is 8.02. The molecule has 2 fully saturated rings. The lowest BCUT2D eigenvalue weighted by Gasteiger charge is -2.20. The third-order valence-corrected chi connectivity index (χ3v) is 5.99. The van der Waals surface area contributed by atoms with E-state index >= 15 is 0 Å². The minimum absolute atomic E-state index is 0.0972. The molecule has 3 nitrogen and oxygen atoms in total. The van der Waals surface area contributed by atoms with Gasteiger partial charge in [0.05, 0.1) is 5.75 Å². The number of hydrogen-bond acceptors (Lipinski definition) is 3. The minimum atomic E-state index is -2.84. The molecule has 1 atom stereocenters. The van der Waals surface area contributed by atoms with Crippen LogP contribution in [0.3, 0.4) is 0 Å². The summed E-state index contributed by atoms with van der Waals surface area (Å²) in [7, 11) is -2.84. The molecule has 0 saturated heterocycles. The van der Waals surface area contributed by atoms with Gasteiger partial charge in [-0.15, -0.1) is 0 Å². The maximum atomic E-state index is 11.5. The van der Waals surface area contributed by atoms with Crippen molar-refractivity contribution in [2.24, 2.45) is 17.8 Å². The smallest absolute Gasteiger partial charge is 0.151 e. The van der Waals surface area contributed by atoms with Crippen LogP contribution in [-0.2, 0) is 9.84 Å². The second-order valence-corrected chi connectivity index (χ2v) is 8.24. The molecule has 2 aliphatic carbocycles. The highest BCUT2D eigenvalue weighted by Crippen LogP contribution is 2.48. The molecule has 0 aromatic carbocycles. The molecule has 0 aromatic heterocycles. The van der Waals surface area contributed by atoms with Gasteiger partial charge in [0.25, 0.3) is 0 Å². The molecule has 17 heavy (non-hydrogen) atoms. The van der Waals surface area contributed by atoms with E-state index in [-0.39, 0.29) is 17.5 Å². The highest BCUT2D eigenvalue weighted by Gasteiger charge is 2.41. The van der Waals surface area contributed by atoms with E-state index in [1.54, 1.807) is 6.92 Å². The topological polar surface area (TPSA) is 46.2 Å². The van der Waals surface area contributed by atoms with Crippen LogP contribution in [0.5, 0.6) is 0 Å². The number of nitrogens with one attached hydrogen (secondary N) is 1. The van der Waals surface area contributed by atoms with Crippen LogP contribution in [0.25, 0.3) is 0 Å². The Labute approximate surface area is 105 Å². The van der Waals surface area contributed by atoms with Crippen molar-refractivity contribution in [2.45, 2.75) is 45.6 Å². The summed E-state index contributed by atoms with van der Waals surface area (Å²) in [5, 5.41) is 3.44. The van der Waals surface area contributed by atoms with Gasteiger partial charge in [0.15, 0.2) is 9.84 Å². The quantitative estimate of drug-likeness (QED) is 0.723. The zero-order chi connectivity index (χ0) is 12.5. The molecule has 0 aromatic rings. The lowest BCUT2D eigenvalue weighted by atomic mass is 9.98. The van der Waals surface area contributed by atoms with Crippen molar-refractivity contribution < 1.29 is 8.42 Å². The number of sulfone groups is 1. The van der Waals surface area contributed by atoms with Crippen molar-refractivity contribution in [1.82, 2.24) is 5.32 Å². The van der Waals surface area contributed by atoms with Crippen molar-refractivity contribution in [3.05, 3.63) is 0 Å². The first kappa shape index (κ1) is 13.3. The van der Waals surface area contributed by atoms with Crippen LogP contribution >= 0.6 is 0 Å². The highest BCUT2D eigenvalue weighted by molar-refractivity contribution is 7.91. The van der Waals surface area contributed by atoms with Gasteiger partial charge in [0, 0.05) is 11.8 Å². The molecule has 0 radical (unpaired) electrons. The van der Waals surface area contributed by atoms with E-state index in [2.05, 4.69) is 5.32 Å². The van der Waals surface area contributed by atoms with Crippen LogP contribution < -0.4 is 5.32 Å². The van der Waals surface area contributed by atoms with Crippen molar-refractivity contribution >= 4 is 9.84 Å². The van der Waals surface area contributed by atoms with Gasteiger partial charge >= 0.3 is 0 Å². The molecule has 2 aliphatic rings. The summed E-state index contributed by atoms with van der Waals surface area (Å²) >= 11 is 0. The van der Waals surface area contributed by atoms with Gasteiger partial charge in [0.2, 0.25) is 0 Å². The molecular weight excluding hydrogens is 234 g/mol. The third-order valence-electron chi connectivity index (χ3n) is 4.10. The monoisotopic (exact) mass is 259 g/mol. The van der Waals surface area contributed by atoms with E-state index in [9.17, 15) is 8.42 Å². The first-order valence-electron chi connectivity index (χ1n) is 6.95. The molecule has 0 bridgehead atoms. The van der Waals surface area contributed by atoms with Crippen molar-refractivity contribution in [3.8, 4) is 0 Å². The molecule has 100 valence electrons. The summed E-state index contributed by atoms with van der Waals surface area (Å²) in [6.45, 7) is 4.74. The summed E-state index contributed by atoms with van der Waals surface area (Å²) in [5.74, 6) is 3.23. The molecule has 1 unspecified atom stereocenters. The molecular formula is C13H25NO2S. The van der Waals surface area contributed by atoms with Crippen LogP contribution in [0.4, 0.5) is 0 Å². The molecule has 1 N–H and O–H groups in total. The van der Waals surface area contributed by atoms with Gasteiger partial charge < -0.3 is 5.32 Å². The lowest BCUT2D eigenvalue weighted by molar-refractivity contribution is 0.365. The van der Waals surface area contributed by atoms with Crippen LogP contribution in [0.1, 0.15) is 39.5 Å². The van der Waals surface area contributed by atoms with Gasteiger partial charge in [0.1, 0.15) is 0 Å². The zero-order valence-electron chi connectivity index (χ0n) is 11.0. The number of hydrogen-bond donors (Lipinski definition) is 1. The Balaban J connectivity index is 1.72. The summed E-state index contributed by atoms with van der Waals surface area (Å²) in [4.78, 5) is 0. The standard InChI is InChI=1S/C13H25NO2S/c1-3-17(15,16)9-10(2)14-8-13(11-4-5-11)12-6-7-12/h10-14H,3-9H2,1-2H3. The Morgan fingerprint density at radius 2 is 1.71 bits per heavy atom. The average Bonchev–Trinajstić information content (AvgIpc) is 3.11. The highest BCUT2D eigenvalue weighted by atomic mass is 32.2. The molecule has 0 amide bonds. The Hall–Kier alpha value is -0.0900. The fraction of sp³-hybridized carbons (Fsp3) is 1.00. The predicted octanol–water partition coefficient (Wildman–Crippen LogP) is 1.84. The van der Waals surface area contributed by atoms with E-state index in [1.165, 1.54) is 25.7 Å². The van der Waals surface area contributed by atoms with Crippen molar-refractivity contribution in [3.63, 3.8) is 0 Å². The Morgan fingerprint density at radius 3 is 2.12 bits per heavy atom. The molecule has 2 rings (SSSR count). The summed E-state index contributed by atoms with van der Waals surface area (Å²) < 4.78 is 23.0. The van der Waals surface area contributed by atoms with E-state index in [0.29, 0.717) is 0 Å². The summed E-state index contributed by atoms with van der Waals surface area (Å²) in [6, 6.07) is 0.0972. The molecule has 4 heteroatoms. The fourth-order valence-electron chi connectivity index (χ4n) is 2.66. The third kappa shape index (κ3) is 4.25. The van der Waals surface area contributed by atoms with E-state index in [4.69, 9.17) is 0 Å². The fourth-order valence-corrected chi connectivity index (χ4v) is 3.78. The lowest BCUT2D eigenvalue weighted by Crippen LogP contribution is -2.37. The second-order valence-electron chi connectivity index (χ2n) is 5.85. The molecule has 2 saturated carbocycles. The second kappa shape index (κ2) is 5.27. The average molecular weight is 259 g/mol. The summed E-state index contributed by atoms with van der Waals surface area (Å²) in [5.41, 5.74) is 0. The first-order valence-corrected chi connectivity index (χ1v) is 8.77. The van der Waals surface area contributed by atoms with E-state index in [0.717, 1.165) is 24.3 Å². The van der Waals surface area contributed by atoms with Crippen LogP contribution in [0.2, 0.25) is 0 Å². The van der Waals surface area contributed by atoms with Crippen molar-refractivity contribution in [1.29, 1.82) is 0 Å². The Morgan fingerprint density at radius 1 is 1.18 bits per heavy atom. The normalized spacial score (nSPS) is 23.0. The van der Waals surface area contributed by atoms with Crippen LogP contribution in [0.15, 0.2) is 0 Å². The zero-order valence-corrected chi connectivity index (χ0v) is 11.8. The molecule has 0 spiro atoms. The van der Waals surface area contributed by atoms with Gasteiger partial charge in [-0.1, -0.05) is 6.92 Å². The molecule has 0 aliphatic heterocycles. The predicted molar refractivity (Wildman–Crippen MR) is 70.7 cm³/mol. The Kier molecular flexibility index (Phi) is 4.14.